The molecule has 2 unspecified atom stereocenters. The van der Waals surface area contributed by atoms with Crippen LogP contribution in [-0.4, -0.2) is 80.1 Å². The fourth-order valence-corrected chi connectivity index (χ4v) is 3.79. The summed E-state index contributed by atoms with van der Waals surface area (Å²) in [7, 11) is 0. The number of carbonyl (C=O) groups is 1. The van der Waals surface area contributed by atoms with E-state index in [1.165, 1.54) is 11.3 Å². The summed E-state index contributed by atoms with van der Waals surface area (Å²) in [6.07, 6.45) is 7.47. The van der Waals surface area contributed by atoms with Crippen LogP contribution in [0.15, 0.2) is 11.3 Å². The summed E-state index contributed by atoms with van der Waals surface area (Å²) in [6, 6.07) is -0.524. The zero-order valence-corrected chi connectivity index (χ0v) is 18.7. The number of unbranched alkanes of at least 4 members (excludes halogenated alkanes) is 2. The molecule has 0 aliphatic heterocycles. The van der Waals surface area contributed by atoms with Crippen molar-refractivity contribution in [1.82, 2.24) is 9.80 Å². The van der Waals surface area contributed by atoms with Gasteiger partial charge in [-0.15, -0.1) is 0 Å². The number of nitrogens with zero attached hydrogens (tertiary/aromatic N) is 2. The largest absolute Gasteiger partial charge is 0.371 e. The lowest BCUT2D eigenvalue weighted by Gasteiger charge is -2.34. The van der Waals surface area contributed by atoms with Gasteiger partial charge in [0.25, 0.3) is 0 Å². The van der Waals surface area contributed by atoms with Crippen LogP contribution in [0.3, 0.4) is 0 Å². The Morgan fingerprint density at radius 1 is 0.700 bits per heavy atom. The Morgan fingerprint density at radius 3 is 1.70 bits per heavy atom. The van der Waals surface area contributed by atoms with Crippen LogP contribution < -0.4 is 34.4 Å². The van der Waals surface area contributed by atoms with Crippen molar-refractivity contribution in [1.29, 1.82) is 0 Å². The van der Waals surface area contributed by atoms with Gasteiger partial charge in [-0.3, -0.25) is 4.79 Å². The smallest absolute Gasteiger partial charge is 0.239 e. The van der Waals surface area contributed by atoms with Crippen molar-refractivity contribution in [2.24, 2.45) is 34.4 Å². The summed E-state index contributed by atoms with van der Waals surface area (Å²) in [5, 5.41) is 0. The molecule has 0 spiro atoms. The highest BCUT2D eigenvalue weighted by Gasteiger charge is 2.27. The Kier molecular flexibility index (Phi) is 13.9. The van der Waals surface area contributed by atoms with E-state index in [2.05, 4.69) is 4.90 Å². The molecule has 176 valence electrons. The Balaban J connectivity index is 2.76. The first-order valence-corrected chi connectivity index (χ1v) is 11.6. The Labute approximate surface area is 182 Å². The minimum absolute atomic E-state index is 0.0159. The van der Waals surface area contributed by atoms with Crippen LogP contribution in [0.4, 0.5) is 0 Å². The second-order valence-electron chi connectivity index (χ2n) is 8.16. The third-order valence-electron chi connectivity index (χ3n) is 5.56. The van der Waals surface area contributed by atoms with Gasteiger partial charge in [-0.2, -0.15) is 0 Å². The molecule has 0 saturated heterocycles. The molecule has 2 atom stereocenters. The highest BCUT2D eigenvalue weighted by atomic mass is 16.2. The number of carbonyl (C=O) groups excluding carboxylic acids is 1. The molecule has 9 nitrogen and oxygen atoms in total. The molecule has 1 saturated carbocycles. The van der Waals surface area contributed by atoms with Crippen molar-refractivity contribution in [2.75, 3.05) is 52.4 Å². The molecular weight excluding hydrogens is 380 g/mol. The first-order chi connectivity index (χ1) is 14.5. The summed E-state index contributed by atoms with van der Waals surface area (Å²) in [6.45, 7) is 4.71. The van der Waals surface area contributed by atoms with Crippen molar-refractivity contribution in [3.05, 3.63) is 11.3 Å². The number of hydrogen-bond acceptors (Lipinski definition) is 8. The fourth-order valence-electron chi connectivity index (χ4n) is 3.79. The SMILES string of the molecule is NCCCCC(N)C(=O)N(CCN)CCN(CCN)C(=C1CC1)C(N)CCCCN. The third kappa shape index (κ3) is 9.72. The van der Waals surface area contributed by atoms with Gasteiger partial charge in [0.15, 0.2) is 0 Å². The van der Waals surface area contributed by atoms with Crippen LogP contribution in [0.1, 0.15) is 51.4 Å². The number of rotatable bonds is 18. The van der Waals surface area contributed by atoms with E-state index in [1.54, 1.807) is 4.90 Å². The highest BCUT2D eigenvalue weighted by molar-refractivity contribution is 5.81. The molecule has 12 N–H and O–H groups in total. The Bertz CT molecular complexity index is 507. The van der Waals surface area contributed by atoms with Gasteiger partial charge in [0, 0.05) is 51.0 Å². The quantitative estimate of drug-likeness (QED) is 0.151. The first kappa shape index (κ1) is 26.8. The fraction of sp³-hybridized carbons (Fsp3) is 0.857. The van der Waals surface area contributed by atoms with Gasteiger partial charge in [-0.05, 0) is 57.2 Å². The van der Waals surface area contributed by atoms with Gasteiger partial charge in [0.05, 0.1) is 6.04 Å². The average molecular weight is 427 g/mol. The summed E-state index contributed by atoms with van der Waals surface area (Å²) in [4.78, 5) is 16.9. The van der Waals surface area contributed by atoms with E-state index in [-0.39, 0.29) is 11.9 Å². The molecule has 0 aromatic heterocycles. The zero-order chi connectivity index (χ0) is 22.4. The Morgan fingerprint density at radius 2 is 1.20 bits per heavy atom. The maximum Gasteiger partial charge on any atom is 0.239 e. The molecule has 0 aromatic rings. The molecule has 0 radical (unpaired) electrons. The zero-order valence-electron chi connectivity index (χ0n) is 18.7. The topological polar surface area (TPSA) is 180 Å². The second-order valence-corrected chi connectivity index (χ2v) is 8.16. The van der Waals surface area contributed by atoms with Crippen LogP contribution in [0, 0.1) is 0 Å². The maximum atomic E-state index is 12.8. The molecule has 9 heteroatoms. The standard InChI is InChI=1S/C21H46N8O/c22-9-3-1-5-18(26)20(17-7-8-17)28(13-11-24)15-16-29(14-12-25)21(30)19(27)6-2-4-10-23/h18-19H,1-16,22-27H2. The van der Waals surface area contributed by atoms with E-state index in [0.29, 0.717) is 52.2 Å². The van der Waals surface area contributed by atoms with E-state index in [0.717, 1.165) is 51.5 Å². The molecule has 0 aromatic carbocycles. The molecule has 1 rings (SSSR count). The molecule has 1 fully saturated rings. The van der Waals surface area contributed by atoms with Crippen LogP contribution >= 0.6 is 0 Å². The predicted octanol–water partition coefficient (Wildman–Crippen LogP) is -1.01. The number of nitrogens with two attached hydrogens (primary N) is 6. The van der Waals surface area contributed by atoms with E-state index >= 15 is 0 Å². The van der Waals surface area contributed by atoms with Crippen LogP contribution in [-0.2, 0) is 4.79 Å². The van der Waals surface area contributed by atoms with Gasteiger partial charge < -0.3 is 44.2 Å². The minimum atomic E-state index is -0.508. The lowest BCUT2D eigenvalue weighted by Crippen LogP contribution is -2.49. The van der Waals surface area contributed by atoms with E-state index < -0.39 is 6.04 Å². The van der Waals surface area contributed by atoms with Gasteiger partial charge in [0.2, 0.25) is 5.91 Å². The van der Waals surface area contributed by atoms with Gasteiger partial charge in [-0.1, -0.05) is 12.8 Å². The lowest BCUT2D eigenvalue weighted by atomic mass is 10.0. The van der Waals surface area contributed by atoms with Crippen LogP contribution in [0.5, 0.6) is 0 Å². The van der Waals surface area contributed by atoms with Crippen LogP contribution in [0.2, 0.25) is 0 Å². The first-order valence-electron chi connectivity index (χ1n) is 11.6. The molecule has 1 aliphatic rings. The molecule has 0 heterocycles. The van der Waals surface area contributed by atoms with Gasteiger partial charge >= 0.3 is 0 Å². The van der Waals surface area contributed by atoms with Crippen molar-refractivity contribution in [2.45, 2.75) is 63.5 Å². The average Bonchev–Trinajstić information content (AvgIpc) is 3.56. The summed E-state index contributed by atoms with van der Waals surface area (Å²) >= 11 is 0. The summed E-state index contributed by atoms with van der Waals surface area (Å²) in [5.74, 6) is -0.0435. The number of allylic oxidation sites excluding steroid dienone is 1. The normalized spacial score (nSPS) is 15.1. The maximum absolute atomic E-state index is 12.8. The molecule has 30 heavy (non-hydrogen) atoms. The number of amides is 1. The van der Waals surface area contributed by atoms with E-state index in [9.17, 15) is 4.79 Å². The number of hydrogen-bond donors (Lipinski definition) is 6. The third-order valence-corrected chi connectivity index (χ3v) is 5.56. The second kappa shape index (κ2) is 15.6. The molecule has 1 amide bonds. The van der Waals surface area contributed by atoms with Crippen molar-refractivity contribution >= 4 is 5.91 Å². The van der Waals surface area contributed by atoms with E-state index in [4.69, 9.17) is 34.4 Å². The minimum Gasteiger partial charge on any atom is -0.371 e. The molecular formula is C21H46N8O. The predicted molar refractivity (Wildman–Crippen MR) is 124 cm³/mol. The van der Waals surface area contributed by atoms with Crippen molar-refractivity contribution < 1.29 is 4.79 Å². The highest BCUT2D eigenvalue weighted by Crippen LogP contribution is 2.35. The Hall–Kier alpha value is -1.23. The summed E-state index contributed by atoms with van der Waals surface area (Å²) in [5.41, 5.74) is 38.2. The van der Waals surface area contributed by atoms with Gasteiger partial charge in [0.1, 0.15) is 0 Å². The van der Waals surface area contributed by atoms with Crippen molar-refractivity contribution in [3.63, 3.8) is 0 Å². The van der Waals surface area contributed by atoms with Gasteiger partial charge in [-0.25, -0.2) is 0 Å². The molecule has 1 aliphatic carbocycles. The molecule has 0 bridgehead atoms. The van der Waals surface area contributed by atoms with Crippen molar-refractivity contribution in [3.8, 4) is 0 Å². The summed E-state index contributed by atoms with van der Waals surface area (Å²) < 4.78 is 0. The monoisotopic (exact) mass is 426 g/mol. The lowest BCUT2D eigenvalue weighted by molar-refractivity contribution is -0.132. The van der Waals surface area contributed by atoms with E-state index in [1.807, 2.05) is 0 Å². The van der Waals surface area contributed by atoms with Crippen LogP contribution in [0.25, 0.3) is 0 Å².